The van der Waals surface area contributed by atoms with Crippen molar-refractivity contribution in [2.24, 2.45) is 0 Å². The smallest absolute Gasteiger partial charge is 0.338 e. The third-order valence-corrected chi connectivity index (χ3v) is 3.41. The van der Waals surface area contributed by atoms with Crippen LogP contribution in [0.2, 0.25) is 0 Å². The molecule has 0 amide bonds. The lowest BCUT2D eigenvalue weighted by molar-refractivity contribution is 0.0317. The van der Waals surface area contributed by atoms with Gasteiger partial charge in [-0.05, 0) is 24.3 Å². The number of nitrogens with one attached hydrogen (secondary N) is 1. The molecule has 0 heterocycles. The maximum atomic E-state index is 11.7. The van der Waals surface area contributed by atoms with Gasteiger partial charge in [-0.25, -0.2) is 9.59 Å². The van der Waals surface area contributed by atoms with Crippen molar-refractivity contribution in [1.29, 1.82) is 0 Å². The Bertz CT molecular complexity index is 601. The predicted octanol–water partition coefficient (Wildman–Crippen LogP) is 2.31. The summed E-state index contributed by atoms with van der Waals surface area (Å²) in [4.78, 5) is 23.4. The van der Waals surface area contributed by atoms with Gasteiger partial charge < -0.3 is 19.5 Å². The van der Waals surface area contributed by atoms with E-state index in [0.29, 0.717) is 44.0 Å². The molecule has 6 heteroatoms. The van der Waals surface area contributed by atoms with Gasteiger partial charge in [-0.15, -0.1) is 0 Å². The van der Waals surface area contributed by atoms with Crippen molar-refractivity contribution in [2.75, 3.05) is 39.5 Å². The molecule has 0 aromatic heterocycles. The minimum atomic E-state index is -0.354. The van der Waals surface area contributed by atoms with Crippen molar-refractivity contribution in [3.8, 4) is 0 Å². The molecule has 0 radical (unpaired) electrons. The molecule has 6 nitrogen and oxygen atoms in total. The minimum absolute atomic E-state index is 0.211. The highest BCUT2D eigenvalue weighted by Gasteiger charge is 2.06. The monoisotopic (exact) mass is 357 g/mol. The lowest BCUT2D eigenvalue weighted by Crippen LogP contribution is -2.25. The van der Waals surface area contributed by atoms with Gasteiger partial charge in [-0.1, -0.05) is 36.4 Å². The molecule has 26 heavy (non-hydrogen) atoms. The Morgan fingerprint density at radius 3 is 1.73 bits per heavy atom. The second-order valence-electron chi connectivity index (χ2n) is 5.37. The first-order valence-corrected chi connectivity index (χ1v) is 8.50. The van der Waals surface area contributed by atoms with Gasteiger partial charge in [0.25, 0.3) is 0 Å². The standard InChI is InChI=1S/C20H23NO5/c22-19(17-7-3-1-4-8-17)25-14-12-21-11-13-24-15-16-26-20(23)18-9-5-2-6-10-18/h1-10,21H,11-16H2. The van der Waals surface area contributed by atoms with Crippen LogP contribution < -0.4 is 5.32 Å². The maximum absolute atomic E-state index is 11.7. The van der Waals surface area contributed by atoms with Crippen molar-refractivity contribution in [2.45, 2.75) is 0 Å². The van der Waals surface area contributed by atoms with Crippen LogP contribution >= 0.6 is 0 Å². The summed E-state index contributed by atoms with van der Waals surface area (Å²) < 4.78 is 15.6. The molecule has 0 aliphatic heterocycles. The summed E-state index contributed by atoms with van der Waals surface area (Å²) in [5.74, 6) is -0.684. The molecule has 0 spiro atoms. The molecule has 2 aromatic carbocycles. The van der Waals surface area contributed by atoms with Crippen LogP contribution in [0.5, 0.6) is 0 Å². The summed E-state index contributed by atoms with van der Waals surface area (Å²) in [6, 6.07) is 17.7. The quantitative estimate of drug-likeness (QED) is 0.491. The third kappa shape index (κ3) is 7.46. The second-order valence-corrected chi connectivity index (χ2v) is 5.37. The third-order valence-electron chi connectivity index (χ3n) is 3.41. The SMILES string of the molecule is O=C(OCCNCCOCCOC(=O)c1ccccc1)c1ccccc1. The maximum Gasteiger partial charge on any atom is 0.338 e. The fourth-order valence-electron chi connectivity index (χ4n) is 2.10. The normalized spacial score (nSPS) is 10.3. The lowest BCUT2D eigenvalue weighted by atomic mass is 10.2. The number of carbonyl (C=O) groups excluding carboxylic acids is 2. The molecule has 2 rings (SSSR count). The number of benzene rings is 2. The second kappa shape index (κ2) is 11.8. The van der Waals surface area contributed by atoms with E-state index in [1.54, 1.807) is 48.5 Å². The fourth-order valence-corrected chi connectivity index (χ4v) is 2.10. The Kier molecular flexibility index (Phi) is 8.89. The summed E-state index contributed by atoms with van der Waals surface area (Å²) in [5.41, 5.74) is 1.07. The molecule has 0 atom stereocenters. The van der Waals surface area contributed by atoms with Gasteiger partial charge in [0.2, 0.25) is 0 Å². The van der Waals surface area contributed by atoms with E-state index in [0.717, 1.165) is 0 Å². The van der Waals surface area contributed by atoms with Gasteiger partial charge in [0.15, 0.2) is 0 Å². The molecule has 0 aliphatic carbocycles. The summed E-state index contributed by atoms with van der Waals surface area (Å²) in [6.07, 6.45) is 0. The average Bonchev–Trinajstić information content (AvgIpc) is 2.70. The fraction of sp³-hybridized carbons (Fsp3) is 0.300. The number of hydrogen-bond acceptors (Lipinski definition) is 6. The molecule has 2 aromatic rings. The summed E-state index contributed by atoms with van der Waals surface area (Å²) in [7, 11) is 0. The topological polar surface area (TPSA) is 73.9 Å². The molecule has 0 saturated carbocycles. The number of esters is 2. The van der Waals surface area contributed by atoms with Gasteiger partial charge >= 0.3 is 11.9 Å². The zero-order valence-electron chi connectivity index (χ0n) is 14.6. The van der Waals surface area contributed by atoms with Crippen LogP contribution in [0.1, 0.15) is 20.7 Å². The molecule has 0 unspecified atom stereocenters. The van der Waals surface area contributed by atoms with Crippen LogP contribution in [-0.4, -0.2) is 51.5 Å². The largest absolute Gasteiger partial charge is 0.461 e. The number of rotatable bonds is 11. The molecule has 0 fully saturated rings. The van der Waals surface area contributed by atoms with Crippen LogP contribution in [0.3, 0.4) is 0 Å². The summed E-state index contributed by atoms with van der Waals surface area (Å²) >= 11 is 0. The Balaban J connectivity index is 1.41. The van der Waals surface area contributed by atoms with Crippen LogP contribution in [-0.2, 0) is 14.2 Å². The van der Waals surface area contributed by atoms with E-state index in [1.807, 2.05) is 12.1 Å². The Morgan fingerprint density at radius 2 is 1.15 bits per heavy atom. The highest BCUT2D eigenvalue weighted by atomic mass is 16.6. The highest BCUT2D eigenvalue weighted by molar-refractivity contribution is 5.89. The van der Waals surface area contributed by atoms with Crippen LogP contribution in [0.15, 0.2) is 60.7 Å². The zero-order chi connectivity index (χ0) is 18.5. The number of hydrogen-bond donors (Lipinski definition) is 1. The molecular weight excluding hydrogens is 334 g/mol. The Hall–Kier alpha value is -2.70. The van der Waals surface area contributed by atoms with Crippen molar-refractivity contribution in [3.05, 3.63) is 71.8 Å². The van der Waals surface area contributed by atoms with Crippen molar-refractivity contribution >= 4 is 11.9 Å². The van der Waals surface area contributed by atoms with Gasteiger partial charge in [0.05, 0.1) is 24.3 Å². The molecular formula is C20H23NO5. The zero-order valence-corrected chi connectivity index (χ0v) is 14.6. The van der Waals surface area contributed by atoms with Crippen LogP contribution in [0.4, 0.5) is 0 Å². The molecule has 0 saturated heterocycles. The average molecular weight is 357 g/mol. The number of ether oxygens (including phenoxy) is 3. The highest BCUT2D eigenvalue weighted by Crippen LogP contribution is 2.01. The Labute approximate surface area is 153 Å². The van der Waals surface area contributed by atoms with E-state index in [4.69, 9.17) is 14.2 Å². The van der Waals surface area contributed by atoms with Gasteiger partial charge in [-0.2, -0.15) is 0 Å². The van der Waals surface area contributed by atoms with E-state index in [-0.39, 0.29) is 18.5 Å². The van der Waals surface area contributed by atoms with Crippen molar-refractivity contribution < 1.29 is 23.8 Å². The first-order chi connectivity index (χ1) is 12.8. The van der Waals surface area contributed by atoms with E-state index in [1.165, 1.54) is 0 Å². The molecule has 0 bridgehead atoms. The van der Waals surface area contributed by atoms with E-state index in [2.05, 4.69) is 5.32 Å². The molecule has 0 aliphatic rings. The van der Waals surface area contributed by atoms with Crippen LogP contribution in [0.25, 0.3) is 0 Å². The minimum Gasteiger partial charge on any atom is -0.461 e. The van der Waals surface area contributed by atoms with Gasteiger partial charge in [0, 0.05) is 13.1 Å². The van der Waals surface area contributed by atoms with E-state index >= 15 is 0 Å². The first-order valence-electron chi connectivity index (χ1n) is 8.50. The lowest BCUT2D eigenvalue weighted by Gasteiger charge is -2.08. The summed E-state index contributed by atoms with van der Waals surface area (Å²) in [6.45, 7) is 2.49. The Morgan fingerprint density at radius 1 is 0.654 bits per heavy atom. The van der Waals surface area contributed by atoms with Crippen molar-refractivity contribution in [3.63, 3.8) is 0 Å². The van der Waals surface area contributed by atoms with Crippen LogP contribution in [0, 0.1) is 0 Å². The van der Waals surface area contributed by atoms with E-state index in [9.17, 15) is 9.59 Å². The van der Waals surface area contributed by atoms with Gasteiger partial charge in [0.1, 0.15) is 13.2 Å². The first kappa shape index (κ1) is 19.6. The molecule has 1 N–H and O–H groups in total. The van der Waals surface area contributed by atoms with E-state index < -0.39 is 0 Å². The van der Waals surface area contributed by atoms with Gasteiger partial charge in [-0.3, -0.25) is 0 Å². The molecule has 138 valence electrons. The summed E-state index contributed by atoms with van der Waals surface area (Å²) in [5, 5.41) is 3.11. The number of carbonyl (C=O) groups is 2. The predicted molar refractivity (Wildman–Crippen MR) is 97.1 cm³/mol. The van der Waals surface area contributed by atoms with Crippen molar-refractivity contribution in [1.82, 2.24) is 5.32 Å².